The van der Waals surface area contributed by atoms with Gasteiger partial charge in [0.1, 0.15) is 5.69 Å². The molecule has 12 heteroatoms. The zero-order valence-electron chi connectivity index (χ0n) is 16.5. The number of nitro groups is 1. The molecule has 0 atom stereocenters. The Hall–Kier alpha value is -4.01. The molecule has 2 aromatic carbocycles. The number of benzene rings is 2. The van der Waals surface area contributed by atoms with E-state index in [9.17, 15) is 28.1 Å². The lowest BCUT2D eigenvalue weighted by molar-refractivity contribution is -0.385. The Kier molecular flexibility index (Phi) is 7.25. The molecule has 0 aliphatic rings. The minimum Gasteiger partial charge on any atom is -0.374 e. The van der Waals surface area contributed by atoms with Gasteiger partial charge in [0, 0.05) is 38.3 Å². The van der Waals surface area contributed by atoms with E-state index < -0.39 is 33.9 Å². The van der Waals surface area contributed by atoms with Gasteiger partial charge in [-0.05, 0) is 24.3 Å². The van der Waals surface area contributed by atoms with Crippen molar-refractivity contribution in [1.29, 1.82) is 5.26 Å². The Morgan fingerprint density at radius 2 is 1.87 bits per heavy atom. The first kappa shape index (κ1) is 23.3. The largest absolute Gasteiger partial charge is 0.418 e. The quantitative estimate of drug-likeness (QED) is 0.358. The van der Waals surface area contributed by atoms with E-state index in [0.717, 1.165) is 12.1 Å². The summed E-state index contributed by atoms with van der Waals surface area (Å²) in [6.07, 6.45) is -4.61. The van der Waals surface area contributed by atoms with Gasteiger partial charge in [-0.1, -0.05) is 0 Å². The van der Waals surface area contributed by atoms with Crippen LogP contribution in [0.4, 0.5) is 41.6 Å². The number of nitrogens with one attached hydrogen (secondary N) is 1. The molecule has 1 N–H and O–H groups in total. The van der Waals surface area contributed by atoms with Crippen molar-refractivity contribution in [3.63, 3.8) is 0 Å². The number of anilines is 2. The van der Waals surface area contributed by atoms with Crippen LogP contribution in [0, 0.1) is 21.4 Å². The predicted octanol–water partition coefficient (Wildman–Crippen LogP) is 5.34. The van der Waals surface area contributed by atoms with Gasteiger partial charge < -0.3 is 10.2 Å². The van der Waals surface area contributed by atoms with E-state index in [1.165, 1.54) is 13.0 Å². The fourth-order valence-corrected chi connectivity index (χ4v) is 2.54. The highest BCUT2D eigenvalue weighted by atomic mass is 19.4. The van der Waals surface area contributed by atoms with Crippen LogP contribution in [0.1, 0.15) is 18.9 Å². The minimum absolute atomic E-state index is 0.0825. The zero-order valence-corrected chi connectivity index (χ0v) is 16.5. The summed E-state index contributed by atoms with van der Waals surface area (Å²) in [5.41, 5.74) is -1.71. The Bertz CT molecular complexity index is 1060. The van der Waals surface area contributed by atoms with Gasteiger partial charge in [-0.15, -0.1) is 10.2 Å². The zero-order chi connectivity index (χ0) is 23.2. The average molecular weight is 434 g/mol. The number of hydrogen-bond donors (Lipinski definition) is 1. The first-order chi connectivity index (χ1) is 14.5. The van der Waals surface area contributed by atoms with Crippen LogP contribution in [0.15, 0.2) is 46.6 Å². The normalized spacial score (nSPS) is 11.2. The molecule has 0 unspecified atom stereocenters. The van der Waals surface area contributed by atoms with Crippen LogP contribution in [0.25, 0.3) is 0 Å². The standard InChI is InChI=1S/C19H17F3N6O3/c1-12(29)24-18-11-13(27(2)9-3-8-23)4-7-17(18)26-25-16-6-5-14(28(30)31)10-15(16)19(20,21)22/h4-7,10-11H,3,9H2,1-2H3,(H,24,29). The summed E-state index contributed by atoms with van der Waals surface area (Å²) in [6, 6.07) is 8.76. The molecule has 0 heterocycles. The summed E-state index contributed by atoms with van der Waals surface area (Å²) in [5, 5.41) is 29.5. The van der Waals surface area contributed by atoms with Crippen molar-refractivity contribution in [3.8, 4) is 6.07 Å². The highest BCUT2D eigenvalue weighted by Crippen LogP contribution is 2.39. The summed E-state index contributed by atoms with van der Waals surface area (Å²) < 4.78 is 39.9. The molecular weight excluding hydrogens is 417 g/mol. The second-order valence-corrected chi connectivity index (χ2v) is 6.37. The van der Waals surface area contributed by atoms with E-state index in [1.54, 1.807) is 24.1 Å². The van der Waals surface area contributed by atoms with Crippen LogP contribution in [-0.4, -0.2) is 24.4 Å². The predicted molar refractivity (Wildman–Crippen MR) is 107 cm³/mol. The summed E-state index contributed by atoms with van der Waals surface area (Å²) in [7, 11) is 1.73. The molecule has 0 aliphatic carbocycles. The van der Waals surface area contributed by atoms with Crippen LogP contribution >= 0.6 is 0 Å². The van der Waals surface area contributed by atoms with Crippen molar-refractivity contribution < 1.29 is 22.9 Å². The smallest absolute Gasteiger partial charge is 0.374 e. The van der Waals surface area contributed by atoms with Crippen molar-refractivity contribution in [1.82, 2.24) is 0 Å². The molecule has 31 heavy (non-hydrogen) atoms. The Morgan fingerprint density at radius 3 is 2.45 bits per heavy atom. The maximum atomic E-state index is 13.3. The fourth-order valence-electron chi connectivity index (χ4n) is 2.54. The number of alkyl halides is 3. The number of amides is 1. The van der Waals surface area contributed by atoms with Gasteiger partial charge in [0.25, 0.3) is 5.69 Å². The van der Waals surface area contributed by atoms with Crippen LogP contribution in [0.5, 0.6) is 0 Å². The Morgan fingerprint density at radius 1 is 1.23 bits per heavy atom. The number of nitriles is 1. The molecule has 1 amide bonds. The number of nitro benzene ring substituents is 1. The van der Waals surface area contributed by atoms with Gasteiger partial charge in [0.2, 0.25) is 5.91 Å². The monoisotopic (exact) mass is 434 g/mol. The van der Waals surface area contributed by atoms with Gasteiger partial charge in [0.15, 0.2) is 0 Å². The summed E-state index contributed by atoms with van der Waals surface area (Å²) in [4.78, 5) is 23.1. The molecule has 0 saturated heterocycles. The first-order valence-electron chi connectivity index (χ1n) is 8.80. The SMILES string of the molecule is CC(=O)Nc1cc(N(C)CCC#N)ccc1N=Nc1ccc([N+](=O)[O-])cc1C(F)(F)F. The van der Waals surface area contributed by atoms with E-state index in [0.29, 0.717) is 18.3 Å². The molecule has 9 nitrogen and oxygen atoms in total. The molecule has 0 aromatic heterocycles. The van der Waals surface area contributed by atoms with Gasteiger partial charge in [0.05, 0.1) is 34.4 Å². The number of rotatable bonds is 7. The van der Waals surface area contributed by atoms with Crippen molar-refractivity contribution in [2.24, 2.45) is 10.2 Å². The van der Waals surface area contributed by atoms with Gasteiger partial charge in [-0.25, -0.2) is 0 Å². The lowest BCUT2D eigenvalue weighted by Gasteiger charge is -2.19. The summed E-state index contributed by atoms with van der Waals surface area (Å²) in [6.45, 7) is 1.68. The number of azo groups is 1. The topological polar surface area (TPSA) is 124 Å². The Labute approximate surface area is 175 Å². The lowest BCUT2D eigenvalue weighted by atomic mass is 10.1. The molecule has 2 aromatic rings. The molecule has 0 bridgehead atoms. The fraction of sp³-hybridized carbons (Fsp3) is 0.263. The van der Waals surface area contributed by atoms with Gasteiger partial charge in [-0.3, -0.25) is 14.9 Å². The van der Waals surface area contributed by atoms with Crippen molar-refractivity contribution in [2.45, 2.75) is 19.5 Å². The van der Waals surface area contributed by atoms with Crippen LogP contribution in [-0.2, 0) is 11.0 Å². The number of carbonyl (C=O) groups is 1. The summed E-state index contributed by atoms with van der Waals surface area (Å²) in [5.74, 6) is -0.431. The number of halogens is 3. The van der Waals surface area contributed by atoms with E-state index in [1.807, 2.05) is 6.07 Å². The molecule has 2 rings (SSSR count). The minimum atomic E-state index is -4.88. The third kappa shape index (κ3) is 6.23. The number of carbonyl (C=O) groups excluding carboxylic acids is 1. The van der Waals surface area contributed by atoms with Crippen LogP contribution < -0.4 is 10.2 Å². The van der Waals surface area contributed by atoms with Crippen molar-refractivity contribution in [2.75, 3.05) is 23.8 Å². The molecule has 0 spiro atoms. The third-order valence-electron chi connectivity index (χ3n) is 4.05. The second kappa shape index (κ2) is 9.66. The maximum Gasteiger partial charge on any atom is 0.418 e. The molecular formula is C19H17F3N6O3. The maximum absolute atomic E-state index is 13.3. The van der Waals surface area contributed by atoms with Gasteiger partial charge in [-0.2, -0.15) is 18.4 Å². The lowest BCUT2D eigenvalue weighted by Crippen LogP contribution is -2.18. The first-order valence-corrected chi connectivity index (χ1v) is 8.80. The van der Waals surface area contributed by atoms with Crippen molar-refractivity contribution in [3.05, 3.63) is 52.1 Å². The van der Waals surface area contributed by atoms with E-state index in [-0.39, 0.29) is 17.8 Å². The summed E-state index contributed by atoms with van der Waals surface area (Å²) >= 11 is 0. The van der Waals surface area contributed by atoms with E-state index >= 15 is 0 Å². The molecule has 0 fully saturated rings. The highest BCUT2D eigenvalue weighted by Gasteiger charge is 2.35. The molecule has 0 radical (unpaired) electrons. The third-order valence-corrected chi connectivity index (χ3v) is 4.05. The highest BCUT2D eigenvalue weighted by molar-refractivity contribution is 5.93. The Balaban J connectivity index is 2.46. The molecule has 162 valence electrons. The number of hydrogen-bond acceptors (Lipinski definition) is 7. The number of nitrogens with zero attached hydrogens (tertiary/aromatic N) is 5. The van der Waals surface area contributed by atoms with Crippen LogP contribution in [0.2, 0.25) is 0 Å². The van der Waals surface area contributed by atoms with Crippen molar-refractivity contribution >= 4 is 34.3 Å². The second-order valence-electron chi connectivity index (χ2n) is 6.37. The van der Waals surface area contributed by atoms with Crippen LogP contribution in [0.3, 0.4) is 0 Å². The number of non-ortho nitro benzene ring substituents is 1. The van der Waals surface area contributed by atoms with E-state index in [2.05, 4.69) is 15.5 Å². The van der Waals surface area contributed by atoms with Gasteiger partial charge >= 0.3 is 6.18 Å². The average Bonchev–Trinajstić information content (AvgIpc) is 2.69. The molecule has 0 saturated carbocycles. The van der Waals surface area contributed by atoms with E-state index in [4.69, 9.17) is 5.26 Å². The molecule has 0 aliphatic heterocycles.